The lowest BCUT2D eigenvalue weighted by atomic mass is 9.97. The number of nitrogens with one attached hydrogen (secondary N) is 1. The molecule has 0 aliphatic carbocycles. The van der Waals surface area contributed by atoms with Crippen molar-refractivity contribution in [2.24, 2.45) is 0 Å². The topological polar surface area (TPSA) is 88.1 Å². The van der Waals surface area contributed by atoms with E-state index >= 15 is 0 Å². The Kier molecular flexibility index (Phi) is 6.14. The molecule has 1 N–H and O–H groups in total. The molecule has 9 heteroatoms. The lowest BCUT2D eigenvalue weighted by Crippen LogP contribution is -2.37. The van der Waals surface area contributed by atoms with Gasteiger partial charge in [-0.2, -0.15) is 0 Å². The number of aryl methyl sites for hydroxylation is 3. The number of hydrogen-bond acceptors (Lipinski definition) is 7. The van der Waals surface area contributed by atoms with Gasteiger partial charge in [-0.25, -0.2) is 9.97 Å². The molecule has 1 aromatic carbocycles. The summed E-state index contributed by atoms with van der Waals surface area (Å²) in [5.74, 6) is 0.103. The lowest BCUT2D eigenvalue weighted by molar-refractivity contribution is 0.0717. The maximum Gasteiger partial charge on any atom is 0.275 e. The van der Waals surface area contributed by atoms with E-state index in [-0.39, 0.29) is 17.7 Å². The number of benzene rings is 1. The fraction of sp³-hybridized carbons (Fsp3) is 0.320. The Morgan fingerprint density at radius 1 is 1.06 bits per heavy atom. The number of carbonyl (C=O) groups is 2. The van der Waals surface area contributed by atoms with E-state index in [4.69, 9.17) is 0 Å². The monoisotopic (exact) mass is 491 g/mol. The zero-order valence-corrected chi connectivity index (χ0v) is 20.9. The van der Waals surface area contributed by atoms with Gasteiger partial charge in [0, 0.05) is 35.5 Å². The minimum atomic E-state index is -0.220. The van der Waals surface area contributed by atoms with Crippen LogP contribution in [0.1, 0.15) is 60.3 Å². The third-order valence-corrected chi connectivity index (χ3v) is 8.14. The van der Waals surface area contributed by atoms with Crippen LogP contribution >= 0.6 is 22.7 Å². The SMILES string of the molecule is Cc1cc(NC(=O)c2csc(C3CCN(C(=O)c4sc(C)nc4C)CC3)n2)c2ccccc2n1. The minimum absolute atomic E-state index is 0.0700. The van der Waals surface area contributed by atoms with Crippen molar-refractivity contribution in [1.82, 2.24) is 19.9 Å². The number of thiazole rings is 2. The van der Waals surface area contributed by atoms with Crippen molar-refractivity contribution in [3.63, 3.8) is 0 Å². The van der Waals surface area contributed by atoms with Crippen LogP contribution in [-0.4, -0.2) is 44.8 Å². The highest BCUT2D eigenvalue weighted by atomic mass is 32.1. The fourth-order valence-electron chi connectivity index (χ4n) is 4.38. The van der Waals surface area contributed by atoms with E-state index in [1.54, 1.807) is 0 Å². The van der Waals surface area contributed by atoms with Gasteiger partial charge in [-0.1, -0.05) is 18.2 Å². The first-order chi connectivity index (χ1) is 16.4. The molecule has 1 aliphatic heterocycles. The van der Waals surface area contributed by atoms with Crippen molar-refractivity contribution in [3.05, 3.63) is 67.7 Å². The molecule has 0 saturated carbocycles. The second-order valence-electron chi connectivity index (χ2n) is 8.57. The summed E-state index contributed by atoms with van der Waals surface area (Å²) in [6.45, 7) is 7.10. The number of hydrogen-bond donors (Lipinski definition) is 1. The quantitative estimate of drug-likeness (QED) is 0.416. The standard InChI is InChI=1S/C25H25N5O2S2/c1-14-12-20(18-6-4-5-7-19(18)26-14)28-23(31)21-13-33-24(29-21)17-8-10-30(11-9-17)25(32)22-15(2)27-16(3)34-22/h4-7,12-13,17H,8-11H2,1-3H3,(H,26,28,31). The van der Waals surface area contributed by atoms with Gasteiger partial charge in [0.25, 0.3) is 11.8 Å². The summed E-state index contributed by atoms with van der Waals surface area (Å²) in [6, 6.07) is 9.64. The number of nitrogens with zero attached hydrogens (tertiary/aromatic N) is 4. The number of fused-ring (bicyclic) bond motifs is 1. The maximum atomic E-state index is 13.0. The highest BCUT2D eigenvalue weighted by molar-refractivity contribution is 7.13. The molecule has 2 amide bonds. The average Bonchev–Trinajstić information content (AvgIpc) is 3.45. The molecule has 4 heterocycles. The van der Waals surface area contributed by atoms with Crippen molar-refractivity contribution < 1.29 is 9.59 Å². The number of likely N-dealkylation sites (tertiary alicyclic amines) is 1. The van der Waals surface area contributed by atoms with Crippen LogP contribution < -0.4 is 5.32 Å². The predicted molar refractivity (Wildman–Crippen MR) is 136 cm³/mol. The maximum absolute atomic E-state index is 13.0. The van der Waals surface area contributed by atoms with E-state index in [1.807, 2.05) is 61.4 Å². The summed E-state index contributed by atoms with van der Waals surface area (Å²) >= 11 is 2.98. The van der Waals surface area contributed by atoms with Gasteiger partial charge in [0.1, 0.15) is 10.6 Å². The summed E-state index contributed by atoms with van der Waals surface area (Å²) in [5.41, 5.74) is 3.66. The molecule has 1 fully saturated rings. The normalized spacial score (nSPS) is 14.5. The molecule has 0 unspecified atom stereocenters. The number of anilines is 1. The predicted octanol–water partition coefficient (Wildman–Crippen LogP) is 5.35. The number of piperidine rings is 1. The highest BCUT2D eigenvalue weighted by Gasteiger charge is 2.28. The number of aromatic nitrogens is 3. The zero-order chi connectivity index (χ0) is 23.8. The van der Waals surface area contributed by atoms with Gasteiger partial charge in [0.05, 0.1) is 26.9 Å². The Morgan fingerprint density at radius 3 is 2.56 bits per heavy atom. The number of para-hydroxylation sites is 1. The molecule has 1 saturated heterocycles. The Morgan fingerprint density at radius 2 is 1.82 bits per heavy atom. The van der Waals surface area contributed by atoms with Crippen molar-refractivity contribution in [2.75, 3.05) is 18.4 Å². The summed E-state index contributed by atoms with van der Waals surface area (Å²) in [4.78, 5) is 42.1. The van der Waals surface area contributed by atoms with Crippen LogP contribution in [-0.2, 0) is 0 Å². The summed E-state index contributed by atoms with van der Waals surface area (Å²) in [6.07, 6.45) is 1.68. The van der Waals surface area contributed by atoms with Gasteiger partial charge >= 0.3 is 0 Å². The van der Waals surface area contributed by atoms with Crippen LogP contribution in [0.5, 0.6) is 0 Å². The van der Waals surface area contributed by atoms with Crippen LogP contribution in [0.25, 0.3) is 10.9 Å². The number of rotatable bonds is 4. The van der Waals surface area contributed by atoms with Crippen molar-refractivity contribution in [3.8, 4) is 0 Å². The molecule has 4 aromatic rings. The largest absolute Gasteiger partial charge is 0.338 e. The second-order valence-corrected chi connectivity index (χ2v) is 10.7. The summed E-state index contributed by atoms with van der Waals surface area (Å²) in [5, 5.41) is 7.61. The van der Waals surface area contributed by atoms with Gasteiger partial charge in [0.15, 0.2) is 0 Å². The zero-order valence-electron chi connectivity index (χ0n) is 19.3. The Hall–Kier alpha value is -3.17. The molecule has 3 aromatic heterocycles. The van der Waals surface area contributed by atoms with Crippen LogP contribution in [0.4, 0.5) is 5.69 Å². The molecular formula is C25H25N5O2S2. The first kappa shape index (κ1) is 22.6. The van der Waals surface area contributed by atoms with E-state index < -0.39 is 0 Å². The number of carbonyl (C=O) groups excluding carboxylic acids is 2. The smallest absolute Gasteiger partial charge is 0.275 e. The molecule has 0 radical (unpaired) electrons. The van der Waals surface area contributed by atoms with Gasteiger partial charge in [-0.05, 0) is 45.7 Å². The van der Waals surface area contributed by atoms with E-state index in [1.165, 1.54) is 22.7 Å². The Bertz CT molecular complexity index is 1390. The number of amides is 2. The van der Waals surface area contributed by atoms with E-state index in [2.05, 4.69) is 20.3 Å². The van der Waals surface area contributed by atoms with Crippen molar-refractivity contribution in [2.45, 2.75) is 39.5 Å². The second kappa shape index (κ2) is 9.23. The molecule has 5 rings (SSSR count). The third-order valence-electron chi connectivity index (χ3n) is 6.08. The van der Waals surface area contributed by atoms with E-state index in [9.17, 15) is 9.59 Å². The molecular weight excluding hydrogens is 466 g/mol. The van der Waals surface area contributed by atoms with Gasteiger partial charge in [0.2, 0.25) is 0 Å². The summed E-state index contributed by atoms with van der Waals surface area (Å²) < 4.78 is 0. The minimum Gasteiger partial charge on any atom is -0.338 e. The molecule has 0 spiro atoms. The van der Waals surface area contributed by atoms with Crippen molar-refractivity contribution in [1.29, 1.82) is 0 Å². The Labute approximate surface area is 205 Å². The third kappa shape index (κ3) is 4.45. The van der Waals surface area contributed by atoms with Crippen LogP contribution in [0.15, 0.2) is 35.7 Å². The number of pyridine rings is 1. The van der Waals surface area contributed by atoms with Gasteiger partial charge in [-0.15, -0.1) is 22.7 Å². The first-order valence-electron chi connectivity index (χ1n) is 11.3. The summed E-state index contributed by atoms with van der Waals surface area (Å²) in [7, 11) is 0. The molecule has 1 aliphatic rings. The lowest BCUT2D eigenvalue weighted by Gasteiger charge is -2.30. The van der Waals surface area contributed by atoms with Crippen LogP contribution in [0.2, 0.25) is 0 Å². The van der Waals surface area contributed by atoms with Crippen molar-refractivity contribution >= 4 is 51.1 Å². The van der Waals surface area contributed by atoms with Crippen LogP contribution in [0.3, 0.4) is 0 Å². The van der Waals surface area contributed by atoms with E-state index in [0.29, 0.717) is 18.8 Å². The van der Waals surface area contributed by atoms with Crippen LogP contribution in [0, 0.1) is 20.8 Å². The first-order valence-corrected chi connectivity index (χ1v) is 12.9. The van der Waals surface area contributed by atoms with Gasteiger partial charge in [-0.3, -0.25) is 14.6 Å². The van der Waals surface area contributed by atoms with Gasteiger partial charge < -0.3 is 10.2 Å². The molecule has 174 valence electrons. The molecule has 34 heavy (non-hydrogen) atoms. The molecule has 0 bridgehead atoms. The van der Waals surface area contributed by atoms with E-state index in [0.717, 1.165) is 55.7 Å². The highest BCUT2D eigenvalue weighted by Crippen LogP contribution is 2.32. The molecule has 0 atom stereocenters. The Balaban J connectivity index is 1.25. The fourth-order valence-corrected chi connectivity index (χ4v) is 6.24. The molecule has 7 nitrogen and oxygen atoms in total. The average molecular weight is 492 g/mol.